The first-order chi connectivity index (χ1) is 5.70. The third-order valence-electron chi connectivity index (χ3n) is 2.71. The highest BCUT2D eigenvalue weighted by atomic mass is 16.5. The molecule has 1 rings (SSSR count). The van der Waals surface area contributed by atoms with Crippen LogP contribution in [0.3, 0.4) is 0 Å². The zero-order chi connectivity index (χ0) is 9.03. The molecule has 0 aliphatic carbocycles. The number of nitrogens with two attached hydrogens (primary N) is 1. The Bertz CT molecular complexity index is 132. The quantitative estimate of drug-likeness (QED) is 0.684. The van der Waals surface area contributed by atoms with Gasteiger partial charge in [-0.1, -0.05) is 20.3 Å². The van der Waals surface area contributed by atoms with E-state index in [9.17, 15) is 0 Å². The lowest BCUT2D eigenvalue weighted by Gasteiger charge is -2.40. The van der Waals surface area contributed by atoms with Gasteiger partial charge in [-0.05, 0) is 25.3 Å². The molecule has 0 aromatic heterocycles. The highest BCUT2D eigenvalue weighted by Crippen LogP contribution is 2.34. The number of rotatable bonds is 5. The Balaban J connectivity index is 2.25. The lowest BCUT2D eigenvalue weighted by molar-refractivity contribution is -0.113. The summed E-state index contributed by atoms with van der Waals surface area (Å²) in [7, 11) is 0. The molecule has 0 bridgehead atoms. The smallest absolute Gasteiger partial charge is 0.0542 e. The van der Waals surface area contributed by atoms with E-state index in [1.807, 2.05) is 0 Å². The minimum atomic E-state index is 0.444. The number of hydrogen-bond donors (Lipinski definition) is 1. The second-order valence-electron chi connectivity index (χ2n) is 4.40. The van der Waals surface area contributed by atoms with E-state index >= 15 is 0 Å². The van der Waals surface area contributed by atoms with Crippen molar-refractivity contribution in [1.29, 1.82) is 0 Å². The molecule has 0 radical (unpaired) electrons. The van der Waals surface area contributed by atoms with Gasteiger partial charge in [-0.3, -0.25) is 0 Å². The van der Waals surface area contributed by atoms with Crippen LogP contribution in [0.15, 0.2) is 0 Å². The van der Waals surface area contributed by atoms with E-state index in [1.165, 1.54) is 19.3 Å². The molecule has 0 spiro atoms. The maximum absolute atomic E-state index is 5.70. The van der Waals surface area contributed by atoms with Gasteiger partial charge in [0.2, 0.25) is 0 Å². The molecule has 1 aliphatic rings. The largest absolute Gasteiger partial charge is 0.380 e. The Morgan fingerprint density at radius 2 is 2.17 bits per heavy atom. The van der Waals surface area contributed by atoms with Gasteiger partial charge < -0.3 is 10.5 Å². The third-order valence-corrected chi connectivity index (χ3v) is 2.71. The van der Waals surface area contributed by atoms with Crippen LogP contribution in [0.4, 0.5) is 0 Å². The van der Waals surface area contributed by atoms with Crippen LogP contribution in [0.1, 0.15) is 33.1 Å². The maximum Gasteiger partial charge on any atom is 0.0542 e. The van der Waals surface area contributed by atoms with E-state index in [1.54, 1.807) is 0 Å². The van der Waals surface area contributed by atoms with E-state index < -0.39 is 0 Å². The van der Waals surface area contributed by atoms with Crippen LogP contribution in [0.2, 0.25) is 0 Å². The van der Waals surface area contributed by atoms with Crippen LogP contribution >= 0.6 is 0 Å². The van der Waals surface area contributed by atoms with Crippen molar-refractivity contribution in [2.45, 2.75) is 33.1 Å². The Kier molecular flexibility index (Phi) is 3.53. The summed E-state index contributed by atoms with van der Waals surface area (Å²) >= 11 is 0. The molecule has 2 N–H and O–H groups in total. The molecule has 1 unspecified atom stereocenters. The highest BCUT2D eigenvalue weighted by molar-refractivity contribution is 4.83. The van der Waals surface area contributed by atoms with Crippen molar-refractivity contribution in [2.75, 3.05) is 19.8 Å². The maximum atomic E-state index is 5.70. The predicted molar refractivity (Wildman–Crippen MR) is 51.0 cm³/mol. The van der Waals surface area contributed by atoms with Crippen LogP contribution in [0, 0.1) is 11.3 Å². The highest BCUT2D eigenvalue weighted by Gasteiger charge is 2.34. The van der Waals surface area contributed by atoms with Crippen molar-refractivity contribution in [2.24, 2.45) is 17.1 Å². The zero-order valence-corrected chi connectivity index (χ0v) is 8.31. The molecule has 0 amide bonds. The molecular weight excluding hydrogens is 150 g/mol. The van der Waals surface area contributed by atoms with Crippen molar-refractivity contribution >= 4 is 0 Å². The van der Waals surface area contributed by atoms with Crippen molar-refractivity contribution < 1.29 is 4.74 Å². The summed E-state index contributed by atoms with van der Waals surface area (Å²) in [4.78, 5) is 0. The van der Waals surface area contributed by atoms with E-state index in [0.29, 0.717) is 11.3 Å². The Hall–Kier alpha value is -0.0800. The van der Waals surface area contributed by atoms with Gasteiger partial charge >= 0.3 is 0 Å². The first kappa shape index (κ1) is 10.0. The van der Waals surface area contributed by atoms with Gasteiger partial charge in [-0.25, -0.2) is 0 Å². The van der Waals surface area contributed by atoms with Gasteiger partial charge in [0, 0.05) is 5.41 Å². The monoisotopic (exact) mass is 171 g/mol. The molecule has 0 aromatic rings. The fourth-order valence-electron chi connectivity index (χ4n) is 1.98. The molecule has 1 fully saturated rings. The van der Waals surface area contributed by atoms with Gasteiger partial charge in [0.15, 0.2) is 0 Å². The fraction of sp³-hybridized carbons (Fsp3) is 1.00. The number of ether oxygens (including phenoxy) is 1. The van der Waals surface area contributed by atoms with E-state index in [0.717, 1.165) is 19.8 Å². The van der Waals surface area contributed by atoms with Crippen molar-refractivity contribution in [3.05, 3.63) is 0 Å². The predicted octanol–water partition coefficient (Wildman–Crippen LogP) is 1.79. The average Bonchev–Trinajstić information content (AvgIpc) is 2.01. The summed E-state index contributed by atoms with van der Waals surface area (Å²) in [5.41, 5.74) is 6.15. The average molecular weight is 171 g/mol. The summed E-state index contributed by atoms with van der Waals surface area (Å²) in [6.45, 7) is 7.24. The van der Waals surface area contributed by atoms with Crippen LogP contribution in [-0.2, 0) is 4.74 Å². The van der Waals surface area contributed by atoms with E-state index in [2.05, 4.69) is 13.8 Å². The topological polar surface area (TPSA) is 35.2 Å². The third kappa shape index (κ3) is 2.46. The molecular formula is C10H21NO. The minimum absolute atomic E-state index is 0.444. The van der Waals surface area contributed by atoms with Crippen LogP contribution in [-0.4, -0.2) is 19.8 Å². The Morgan fingerprint density at radius 3 is 2.50 bits per heavy atom. The zero-order valence-electron chi connectivity index (χ0n) is 8.31. The molecule has 1 saturated heterocycles. The molecule has 2 heteroatoms. The van der Waals surface area contributed by atoms with Gasteiger partial charge in [0.05, 0.1) is 13.2 Å². The standard InChI is InChI=1S/C10H21NO/c1-3-4-9(6-11)5-10(2)7-12-8-10/h9H,3-8,11H2,1-2H3. The van der Waals surface area contributed by atoms with Crippen LogP contribution < -0.4 is 5.73 Å². The summed E-state index contributed by atoms with van der Waals surface area (Å²) in [6, 6.07) is 0. The second-order valence-corrected chi connectivity index (χ2v) is 4.40. The molecule has 0 aromatic carbocycles. The van der Waals surface area contributed by atoms with Gasteiger partial charge in [0.1, 0.15) is 0 Å². The summed E-state index contributed by atoms with van der Waals surface area (Å²) < 4.78 is 5.22. The van der Waals surface area contributed by atoms with Crippen molar-refractivity contribution in [1.82, 2.24) is 0 Å². The van der Waals surface area contributed by atoms with E-state index in [4.69, 9.17) is 10.5 Å². The molecule has 1 heterocycles. The van der Waals surface area contributed by atoms with Crippen molar-refractivity contribution in [3.8, 4) is 0 Å². The van der Waals surface area contributed by atoms with Gasteiger partial charge in [-0.15, -0.1) is 0 Å². The lowest BCUT2D eigenvalue weighted by atomic mass is 9.78. The fourth-order valence-corrected chi connectivity index (χ4v) is 1.98. The first-order valence-electron chi connectivity index (χ1n) is 4.98. The molecule has 0 saturated carbocycles. The minimum Gasteiger partial charge on any atom is -0.380 e. The SMILES string of the molecule is CCCC(CN)CC1(C)COC1. The first-order valence-corrected chi connectivity index (χ1v) is 4.98. The molecule has 12 heavy (non-hydrogen) atoms. The number of hydrogen-bond acceptors (Lipinski definition) is 2. The van der Waals surface area contributed by atoms with Crippen LogP contribution in [0.5, 0.6) is 0 Å². The molecule has 2 nitrogen and oxygen atoms in total. The molecule has 1 atom stereocenters. The molecule has 72 valence electrons. The van der Waals surface area contributed by atoms with E-state index in [-0.39, 0.29) is 0 Å². The summed E-state index contributed by atoms with van der Waals surface area (Å²) in [6.07, 6.45) is 3.77. The summed E-state index contributed by atoms with van der Waals surface area (Å²) in [5, 5.41) is 0. The lowest BCUT2D eigenvalue weighted by Crippen LogP contribution is -2.42. The van der Waals surface area contributed by atoms with Crippen LogP contribution in [0.25, 0.3) is 0 Å². The second kappa shape index (κ2) is 4.24. The normalized spacial score (nSPS) is 23.2. The van der Waals surface area contributed by atoms with Gasteiger partial charge in [-0.2, -0.15) is 0 Å². The van der Waals surface area contributed by atoms with Gasteiger partial charge in [0.25, 0.3) is 0 Å². The summed E-state index contributed by atoms with van der Waals surface area (Å²) in [5.74, 6) is 0.712. The molecule has 1 aliphatic heterocycles. The Morgan fingerprint density at radius 1 is 1.50 bits per heavy atom. The Labute approximate surface area is 75.5 Å². The van der Waals surface area contributed by atoms with Crippen molar-refractivity contribution in [3.63, 3.8) is 0 Å².